The number of hydrogen-bond donors (Lipinski definition) is 1. The number of aryl methyl sites for hydroxylation is 1. The highest BCUT2D eigenvalue weighted by molar-refractivity contribution is 7.14. The average molecular weight is 291 g/mol. The van der Waals surface area contributed by atoms with Crippen LogP contribution in [0, 0.1) is 6.92 Å². The van der Waals surface area contributed by atoms with Crippen LogP contribution in [0.5, 0.6) is 0 Å². The third-order valence-corrected chi connectivity index (χ3v) is 3.95. The summed E-state index contributed by atoms with van der Waals surface area (Å²) in [7, 11) is 0. The van der Waals surface area contributed by atoms with Crippen LogP contribution in [0.3, 0.4) is 0 Å². The lowest BCUT2D eigenvalue weighted by Crippen LogP contribution is -2.23. The molecule has 20 heavy (non-hydrogen) atoms. The molecule has 0 radical (unpaired) electrons. The molecule has 5 heteroatoms. The number of aromatic nitrogens is 2. The van der Waals surface area contributed by atoms with Crippen molar-refractivity contribution < 1.29 is 0 Å². The number of pyridine rings is 1. The van der Waals surface area contributed by atoms with Gasteiger partial charge in [0.1, 0.15) is 0 Å². The summed E-state index contributed by atoms with van der Waals surface area (Å²) in [5.41, 5.74) is 2.51. The Morgan fingerprint density at radius 3 is 2.80 bits per heavy atom. The summed E-state index contributed by atoms with van der Waals surface area (Å²) < 4.78 is 1.83. The standard InChI is InChI=1S/C15H21N3OS/c1-4-8-16-15-17-13(10-20-15)12-7-6-11(3)18(9-5-2)14(12)19/h6-7,10H,4-5,8-9H2,1-3H3,(H,16,17). The number of thiazole rings is 1. The smallest absolute Gasteiger partial charge is 0.260 e. The maximum atomic E-state index is 12.5. The van der Waals surface area contributed by atoms with Gasteiger partial charge in [-0.3, -0.25) is 4.79 Å². The molecule has 0 fully saturated rings. The van der Waals surface area contributed by atoms with Crippen LogP contribution in [0.2, 0.25) is 0 Å². The summed E-state index contributed by atoms with van der Waals surface area (Å²) >= 11 is 1.55. The summed E-state index contributed by atoms with van der Waals surface area (Å²) in [4.78, 5) is 17.0. The van der Waals surface area contributed by atoms with Crippen molar-refractivity contribution in [2.24, 2.45) is 0 Å². The summed E-state index contributed by atoms with van der Waals surface area (Å²) in [5.74, 6) is 0. The van der Waals surface area contributed by atoms with Gasteiger partial charge in [0, 0.05) is 24.2 Å². The zero-order chi connectivity index (χ0) is 14.5. The fourth-order valence-electron chi connectivity index (χ4n) is 2.08. The van der Waals surface area contributed by atoms with E-state index in [0.717, 1.165) is 42.5 Å². The van der Waals surface area contributed by atoms with Crippen LogP contribution in [-0.2, 0) is 6.54 Å². The summed E-state index contributed by atoms with van der Waals surface area (Å²) in [6.45, 7) is 7.82. The van der Waals surface area contributed by atoms with Gasteiger partial charge in [0.25, 0.3) is 5.56 Å². The Kier molecular flexibility index (Phi) is 4.95. The monoisotopic (exact) mass is 291 g/mol. The van der Waals surface area contributed by atoms with Gasteiger partial charge in [-0.15, -0.1) is 11.3 Å². The van der Waals surface area contributed by atoms with Gasteiger partial charge in [-0.05, 0) is 31.9 Å². The molecule has 0 aliphatic heterocycles. The lowest BCUT2D eigenvalue weighted by atomic mass is 10.2. The molecule has 2 heterocycles. The largest absolute Gasteiger partial charge is 0.362 e. The van der Waals surface area contributed by atoms with E-state index in [1.807, 2.05) is 29.0 Å². The Morgan fingerprint density at radius 2 is 2.10 bits per heavy atom. The molecule has 0 spiro atoms. The van der Waals surface area contributed by atoms with E-state index in [1.165, 1.54) is 0 Å². The van der Waals surface area contributed by atoms with E-state index < -0.39 is 0 Å². The van der Waals surface area contributed by atoms with Crippen LogP contribution in [0.25, 0.3) is 11.3 Å². The fourth-order valence-corrected chi connectivity index (χ4v) is 2.82. The quantitative estimate of drug-likeness (QED) is 0.886. The third-order valence-electron chi connectivity index (χ3n) is 3.15. The molecule has 0 aliphatic rings. The molecule has 0 unspecified atom stereocenters. The molecule has 2 rings (SSSR count). The van der Waals surface area contributed by atoms with Gasteiger partial charge in [-0.2, -0.15) is 0 Å². The van der Waals surface area contributed by atoms with Gasteiger partial charge in [0.05, 0.1) is 11.3 Å². The second kappa shape index (κ2) is 6.70. The van der Waals surface area contributed by atoms with Gasteiger partial charge in [0.2, 0.25) is 0 Å². The van der Waals surface area contributed by atoms with Crippen molar-refractivity contribution in [3.05, 3.63) is 33.6 Å². The first-order valence-corrected chi connectivity index (χ1v) is 7.95. The Hall–Kier alpha value is -1.62. The molecule has 2 aromatic heterocycles. The summed E-state index contributed by atoms with van der Waals surface area (Å²) in [6.07, 6.45) is 2.01. The molecule has 1 N–H and O–H groups in total. The first kappa shape index (κ1) is 14.8. The number of anilines is 1. The SMILES string of the molecule is CCCNc1nc(-c2ccc(C)n(CCC)c2=O)cs1. The molecule has 108 valence electrons. The van der Waals surface area contributed by atoms with Crippen LogP contribution in [0.15, 0.2) is 22.3 Å². The van der Waals surface area contributed by atoms with Crippen molar-refractivity contribution in [2.75, 3.05) is 11.9 Å². The maximum Gasteiger partial charge on any atom is 0.260 e. The van der Waals surface area contributed by atoms with Crippen LogP contribution < -0.4 is 10.9 Å². The molecular formula is C15H21N3OS. The second-order valence-electron chi connectivity index (χ2n) is 4.81. The van der Waals surface area contributed by atoms with Gasteiger partial charge < -0.3 is 9.88 Å². The molecule has 0 aliphatic carbocycles. The zero-order valence-electron chi connectivity index (χ0n) is 12.3. The predicted octanol–water partition coefficient (Wildman–Crippen LogP) is 3.51. The number of nitrogens with zero attached hydrogens (tertiary/aromatic N) is 2. The fraction of sp³-hybridized carbons (Fsp3) is 0.467. The van der Waals surface area contributed by atoms with Crippen molar-refractivity contribution in [1.82, 2.24) is 9.55 Å². The number of rotatable bonds is 6. The van der Waals surface area contributed by atoms with Crippen LogP contribution in [0.1, 0.15) is 32.4 Å². The summed E-state index contributed by atoms with van der Waals surface area (Å²) in [6, 6.07) is 3.87. The average Bonchev–Trinajstić information content (AvgIpc) is 2.90. The maximum absolute atomic E-state index is 12.5. The van der Waals surface area contributed by atoms with Gasteiger partial charge >= 0.3 is 0 Å². The Balaban J connectivity index is 2.35. The van der Waals surface area contributed by atoms with Gasteiger partial charge in [-0.1, -0.05) is 13.8 Å². The van der Waals surface area contributed by atoms with E-state index in [4.69, 9.17) is 0 Å². The minimum atomic E-state index is 0.0548. The Morgan fingerprint density at radius 1 is 1.30 bits per heavy atom. The molecular weight excluding hydrogens is 270 g/mol. The van der Waals surface area contributed by atoms with Crippen LogP contribution >= 0.6 is 11.3 Å². The normalized spacial score (nSPS) is 10.8. The predicted molar refractivity (Wildman–Crippen MR) is 85.6 cm³/mol. The topological polar surface area (TPSA) is 46.9 Å². The van der Waals surface area contributed by atoms with E-state index in [0.29, 0.717) is 5.56 Å². The lowest BCUT2D eigenvalue weighted by Gasteiger charge is -2.09. The minimum absolute atomic E-state index is 0.0548. The molecule has 0 bridgehead atoms. The van der Waals surface area contributed by atoms with Crippen molar-refractivity contribution in [1.29, 1.82) is 0 Å². The van der Waals surface area contributed by atoms with Crippen LogP contribution in [-0.4, -0.2) is 16.1 Å². The Bertz CT molecular complexity index is 630. The van der Waals surface area contributed by atoms with E-state index in [1.54, 1.807) is 11.3 Å². The van der Waals surface area contributed by atoms with Gasteiger partial charge in [0.15, 0.2) is 5.13 Å². The summed E-state index contributed by atoms with van der Waals surface area (Å²) in [5, 5.41) is 6.08. The highest BCUT2D eigenvalue weighted by Crippen LogP contribution is 2.22. The molecule has 0 aromatic carbocycles. The highest BCUT2D eigenvalue weighted by Gasteiger charge is 2.11. The van der Waals surface area contributed by atoms with E-state index >= 15 is 0 Å². The second-order valence-corrected chi connectivity index (χ2v) is 5.67. The molecule has 2 aromatic rings. The first-order valence-electron chi connectivity index (χ1n) is 7.07. The molecule has 4 nitrogen and oxygen atoms in total. The number of nitrogens with one attached hydrogen (secondary N) is 1. The molecule has 0 saturated carbocycles. The molecule has 0 amide bonds. The van der Waals surface area contributed by atoms with Crippen molar-refractivity contribution >= 4 is 16.5 Å². The minimum Gasteiger partial charge on any atom is -0.362 e. The van der Waals surface area contributed by atoms with Crippen LogP contribution in [0.4, 0.5) is 5.13 Å². The Labute approximate surface area is 123 Å². The van der Waals surface area contributed by atoms with Crippen molar-refractivity contribution in [3.63, 3.8) is 0 Å². The van der Waals surface area contributed by atoms with Gasteiger partial charge in [-0.25, -0.2) is 4.98 Å². The molecule has 0 saturated heterocycles. The van der Waals surface area contributed by atoms with Crippen molar-refractivity contribution in [2.45, 2.75) is 40.2 Å². The first-order chi connectivity index (χ1) is 9.67. The number of hydrogen-bond acceptors (Lipinski definition) is 4. The highest BCUT2D eigenvalue weighted by atomic mass is 32.1. The van der Waals surface area contributed by atoms with E-state index in [2.05, 4.69) is 24.1 Å². The third kappa shape index (κ3) is 3.10. The van der Waals surface area contributed by atoms with E-state index in [9.17, 15) is 4.79 Å². The van der Waals surface area contributed by atoms with Crippen molar-refractivity contribution in [3.8, 4) is 11.3 Å². The van der Waals surface area contributed by atoms with E-state index in [-0.39, 0.29) is 5.56 Å². The zero-order valence-corrected chi connectivity index (χ0v) is 13.1. The molecule has 0 atom stereocenters. The lowest BCUT2D eigenvalue weighted by molar-refractivity contribution is 0.636.